The molecule has 3 heteroatoms. The van der Waals surface area contributed by atoms with Gasteiger partial charge in [0.2, 0.25) is 0 Å². The van der Waals surface area contributed by atoms with Gasteiger partial charge < -0.3 is 10.2 Å². The van der Waals surface area contributed by atoms with Crippen LogP contribution >= 0.6 is 0 Å². The zero-order valence-electron chi connectivity index (χ0n) is 9.73. The summed E-state index contributed by atoms with van der Waals surface area (Å²) in [6.07, 6.45) is 0.946. The molecule has 0 spiro atoms. The van der Waals surface area contributed by atoms with Crippen molar-refractivity contribution in [1.82, 2.24) is 0 Å². The summed E-state index contributed by atoms with van der Waals surface area (Å²) in [5.74, 6) is -0.964. The Morgan fingerprint density at radius 1 is 1.31 bits per heavy atom. The summed E-state index contributed by atoms with van der Waals surface area (Å²) in [5.41, 5.74) is 1.19. The van der Waals surface area contributed by atoms with Crippen molar-refractivity contribution in [1.29, 1.82) is 0 Å². The van der Waals surface area contributed by atoms with E-state index < -0.39 is 11.6 Å². The minimum absolute atomic E-state index is 0.209. The topological polar surface area (TPSA) is 57.5 Å². The second-order valence-corrected chi connectivity index (χ2v) is 4.55. The van der Waals surface area contributed by atoms with Gasteiger partial charge in [-0.05, 0) is 32.3 Å². The number of hydrogen-bond donors (Lipinski definition) is 2. The molecule has 0 aliphatic heterocycles. The molecule has 0 amide bonds. The number of aliphatic carboxylic acids is 1. The van der Waals surface area contributed by atoms with Crippen LogP contribution in [0.25, 0.3) is 0 Å². The fourth-order valence-corrected chi connectivity index (χ4v) is 1.58. The molecule has 0 aliphatic rings. The average Bonchev–Trinajstić information content (AvgIpc) is 2.15. The second-order valence-electron chi connectivity index (χ2n) is 4.55. The number of benzene rings is 1. The van der Waals surface area contributed by atoms with Crippen LogP contribution in [0, 0.1) is 6.92 Å². The molecule has 3 nitrogen and oxygen atoms in total. The summed E-state index contributed by atoms with van der Waals surface area (Å²) in [6, 6.07) is 8.04. The van der Waals surface area contributed by atoms with Crippen LogP contribution in [0.4, 0.5) is 0 Å². The first-order valence-corrected chi connectivity index (χ1v) is 5.39. The highest BCUT2D eigenvalue weighted by atomic mass is 16.4. The molecule has 0 bridgehead atoms. The second kappa shape index (κ2) is 5.12. The fourth-order valence-electron chi connectivity index (χ4n) is 1.58. The van der Waals surface area contributed by atoms with Gasteiger partial charge in [-0.2, -0.15) is 0 Å². The quantitative estimate of drug-likeness (QED) is 0.802. The first-order valence-electron chi connectivity index (χ1n) is 5.39. The van der Waals surface area contributed by atoms with E-state index >= 15 is 0 Å². The molecule has 1 atom stereocenters. The van der Waals surface area contributed by atoms with Gasteiger partial charge in [0.25, 0.3) is 0 Å². The van der Waals surface area contributed by atoms with Crippen molar-refractivity contribution < 1.29 is 15.0 Å². The van der Waals surface area contributed by atoms with Crippen LogP contribution in [-0.2, 0) is 11.2 Å². The van der Waals surface area contributed by atoms with Crippen molar-refractivity contribution in [3.63, 3.8) is 0 Å². The molecule has 0 saturated heterocycles. The molecule has 0 fully saturated rings. The van der Waals surface area contributed by atoms with Gasteiger partial charge in [-0.25, -0.2) is 0 Å². The highest BCUT2D eigenvalue weighted by Crippen LogP contribution is 2.18. The van der Waals surface area contributed by atoms with E-state index in [1.54, 1.807) is 6.92 Å². The van der Waals surface area contributed by atoms with Crippen LogP contribution in [-0.4, -0.2) is 21.8 Å². The van der Waals surface area contributed by atoms with Crippen molar-refractivity contribution in [2.75, 3.05) is 0 Å². The zero-order valence-corrected chi connectivity index (χ0v) is 9.73. The van der Waals surface area contributed by atoms with Gasteiger partial charge in [-0.1, -0.05) is 29.8 Å². The summed E-state index contributed by atoms with van der Waals surface area (Å²) in [4.78, 5) is 10.5. The Morgan fingerprint density at radius 3 is 2.38 bits per heavy atom. The fraction of sp³-hybridized carbons (Fsp3) is 0.462. The number of carbonyl (C=O) groups is 1. The maximum Gasteiger partial charge on any atom is 0.306 e. The van der Waals surface area contributed by atoms with Gasteiger partial charge in [0.05, 0.1) is 12.0 Å². The predicted octanol–water partition coefficient (Wildman–Crippen LogP) is 2.15. The molecule has 1 unspecified atom stereocenters. The maximum atomic E-state index is 10.5. The molecular weight excluding hydrogens is 204 g/mol. The number of carboxylic acids is 1. The number of hydrogen-bond acceptors (Lipinski definition) is 2. The monoisotopic (exact) mass is 222 g/mol. The van der Waals surface area contributed by atoms with E-state index in [0.717, 1.165) is 5.56 Å². The van der Waals surface area contributed by atoms with E-state index in [4.69, 9.17) is 5.11 Å². The molecule has 1 aromatic rings. The Labute approximate surface area is 95.7 Å². The van der Waals surface area contributed by atoms with Crippen molar-refractivity contribution in [3.8, 4) is 0 Å². The predicted molar refractivity (Wildman–Crippen MR) is 62.4 cm³/mol. The van der Waals surface area contributed by atoms with Crippen molar-refractivity contribution in [2.24, 2.45) is 0 Å². The number of carboxylic acid groups (broad SMARTS) is 1. The third-order valence-electron chi connectivity index (χ3n) is 2.60. The van der Waals surface area contributed by atoms with Crippen LogP contribution in [0.1, 0.15) is 30.9 Å². The molecule has 1 rings (SSSR count). The smallest absolute Gasteiger partial charge is 0.306 e. The number of rotatable bonds is 5. The SMILES string of the molecule is Cc1ccc(CCC(C)(O)CC(=O)O)cc1. The van der Waals surface area contributed by atoms with Crippen LogP contribution in [0.5, 0.6) is 0 Å². The number of aryl methyl sites for hydroxylation is 2. The van der Waals surface area contributed by atoms with Crippen molar-refractivity contribution in [2.45, 2.75) is 38.7 Å². The lowest BCUT2D eigenvalue weighted by molar-refractivity contribution is -0.142. The van der Waals surface area contributed by atoms with E-state index in [9.17, 15) is 9.90 Å². The Morgan fingerprint density at radius 2 is 1.88 bits per heavy atom. The summed E-state index contributed by atoms with van der Waals surface area (Å²) < 4.78 is 0. The molecule has 0 saturated carbocycles. The molecule has 0 heterocycles. The standard InChI is InChI=1S/C13H18O3/c1-10-3-5-11(6-4-10)7-8-13(2,16)9-12(14)15/h3-6,16H,7-9H2,1-2H3,(H,14,15). The maximum absolute atomic E-state index is 10.5. The van der Waals surface area contributed by atoms with Crippen molar-refractivity contribution in [3.05, 3.63) is 35.4 Å². The van der Waals surface area contributed by atoms with Crippen LogP contribution < -0.4 is 0 Å². The Kier molecular flexibility index (Phi) is 4.07. The van der Waals surface area contributed by atoms with Gasteiger partial charge in [0.15, 0.2) is 0 Å². The van der Waals surface area contributed by atoms with E-state index in [0.29, 0.717) is 12.8 Å². The van der Waals surface area contributed by atoms with E-state index in [-0.39, 0.29) is 6.42 Å². The first kappa shape index (κ1) is 12.7. The summed E-state index contributed by atoms with van der Waals surface area (Å²) in [6.45, 7) is 3.58. The largest absolute Gasteiger partial charge is 0.481 e. The van der Waals surface area contributed by atoms with Gasteiger partial charge >= 0.3 is 5.97 Å². The van der Waals surface area contributed by atoms with Gasteiger partial charge in [0, 0.05) is 0 Å². The third kappa shape index (κ3) is 4.45. The molecule has 0 radical (unpaired) electrons. The van der Waals surface area contributed by atoms with Crippen LogP contribution in [0.2, 0.25) is 0 Å². The Bertz CT molecular complexity index is 352. The van der Waals surface area contributed by atoms with Crippen LogP contribution in [0.15, 0.2) is 24.3 Å². The van der Waals surface area contributed by atoms with Crippen molar-refractivity contribution >= 4 is 5.97 Å². The molecule has 0 aromatic heterocycles. The Hall–Kier alpha value is -1.35. The van der Waals surface area contributed by atoms with Gasteiger partial charge in [-0.3, -0.25) is 4.79 Å². The number of aliphatic hydroxyl groups is 1. The molecular formula is C13H18O3. The minimum Gasteiger partial charge on any atom is -0.481 e. The first-order chi connectivity index (χ1) is 7.39. The van der Waals surface area contributed by atoms with E-state index in [2.05, 4.69) is 0 Å². The summed E-state index contributed by atoms with van der Waals surface area (Å²) in [5, 5.41) is 18.4. The summed E-state index contributed by atoms with van der Waals surface area (Å²) in [7, 11) is 0. The zero-order chi connectivity index (χ0) is 12.2. The molecule has 1 aromatic carbocycles. The van der Waals surface area contributed by atoms with Crippen LogP contribution in [0.3, 0.4) is 0 Å². The molecule has 2 N–H and O–H groups in total. The average molecular weight is 222 g/mol. The lowest BCUT2D eigenvalue weighted by Gasteiger charge is -2.20. The van der Waals surface area contributed by atoms with Gasteiger partial charge in [0.1, 0.15) is 0 Å². The third-order valence-corrected chi connectivity index (χ3v) is 2.60. The highest BCUT2D eigenvalue weighted by Gasteiger charge is 2.23. The van der Waals surface area contributed by atoms with Gasteiger partial charge in [-0.15, -0.1) is 0 Å². The van der Waals surface area contributed by atoms with E-state index in [1.165, 1.54) is 5.56 Å². The lowest BCUT2D eigenvalue weighted by atomic mass is 9.93. The highest BCUT2D eigenvalue weighted by molar-refractivity contribution is 5.68. The molecule has 16 heavy (non-hydrogen) atoms. The van der Waals surface area contributed by atoms with E-state index in [1.807, 2.05) is 31.2 Å². The normalized spacial score (nSPS) is 14.4. The molecule has 0 aliphatic carbocycles. The minimum atomic E-state index is -1.13. The lowest BCUT2D eigenvalue weighted by Crippen LogP contribution is -2.28. The molecule has 88 valence electrons. The summed E-state index contributed by atoms with van der Waals surface area (Å²) >= 11 is 0. The Balaban J connectivity index is 2.50.